The molecule has 108 valence electrons. The van der Waals surface area contributed by atoms with E-state index >= 15 is 0 Å². The van der Waals surface area contributed by atoms with Gasteiger partial charge in [0.15, 0.2) is 0 Å². The zero-order valence-corrected chi connectivity index (χ0v) is 12.4. The smallest absolute Gasteiger partial charge is 0.122 e. The minimum Gasteiger partial charge on any atom is -0.493 e. The van der Waals surface area contributed by atoms with Crippen LogP contribution in [-0.4, -0.2) is 20.2 Å². The second-order valence-electron chi connectivity index (χ2n) is 4.87. The van der Waals surface area contributed by atoms with Crippen molar-refractivity contribution in [3.8, 4) is 5.75 Å². The molecule has 3 heteroatoms. The van der Waals surface area contributed by atoms with Crippen LogP contribution in [0.5, 0.6) is 5.75 Å². The van der Waals surface area contributed by atoms with E-state index in [-0.39, 0.29) is 0 Å². The molecule has 0 atom stereocenters. The van der Waals surface area contributed by atoms with Gasteiger partial charge in [-0.15, -0.1) is 0 Å². The monoisotopic (exact) mass is 264 g/mol. The quantitative estimate of drug-likeness (QED) is 0.639. The maximum Gasteiger partial charge on any atom is 0.122 e. The van der Waals surface area contributed by atoms with Gasteiger partial charge in [0.25, 0.3) is 0 Å². The van der Waals surface area contributed by atoms with Gasteiger partial charge in [0.2, 0.25) is 0 Å². The molecular formula is C16H28N2O. The lowest BCUT2D eigenvalue weighted by atomic mass is 10.00. The molecule has 1 rings (SSSR count). The predicted octanol–water partition coefficient (Wildman–Crippen LogP) is 2.87. The molecule has 19 heavy (non-hydrogen) atoms. The topological polar surface area (TPSA) is 47.3 Å². The third-order valence-corrected chi connectivity index (χ3v) is 3.23. The summed E-state index contributed by atoms with van der Waals surface area (Å²) in [6.07, 6.45) is 5.76. The molecule has 0 amide bonds. The average molecular weight is 264 g/mol. The standard InChI is InChI=1S/C16H28N2O/c1-3-4-5-9-15-14(13-18-2)8-6-10-16(15)19-12-7-11-17/h6,8,10,18H,3-5,7,9,11-13,17H2,1-2H3. The molecule has 1 aromatic rings. The highest BCUT2D eigenvalue weighted by Crippen LogP contribution is 2.25. The van der Waals surface area contributed by atoms with Gasteiger partial charge in [0, 0.05) is 6.54 Å². The first kappa shape index (κ1) is 16.0. The summed E-state index contributed by atoms with van der Waals surface area (Å²) in [5.41, 5.74) is 8.23. The third kappa shape index (κ3) is 5.62. The van der Waals surface area contributed by atoms with E-state index in [4.69, 9.17) is 10.5 Å². The molecule has 0 heterocycles. The Bertz CT molecular complexity index is 353. The molecule has 0 aliphatic rings. The molecular weight excluding hydrogens is 236 g/mol. The summed E-state index contributed by atoms with van der Waals surface area (Å²) in [6, 6.07) is 6.35. The fraction of sp³-hybridized carbons (Fsp3) is 0.625. The molecule has 0 spiro atoms. The lowest BCUT2D eigenvalue weighted by Gasteiger charge is -2.15. The van der Waals surface area contributed by atoms with Crippen LogP contribution in [0.25, 0.3) is 0 Å². The van der Waals surface area contributed by atoms with Gasteiger partial charge >= 0.3 is 0 Å². The van der Waals surface area contributed by atoms with Gasteiger partial charge < -0.3 is 15.8 Å². The molecule has 0 unspecified atom stereocenters. The van der Waals surface area contributed by atoms with E-state index in [1.165, 1.54) is 30.4 Å². The molecule has 3 N–H and O–H groups in total. The van der Waals surface area contributed by atoms with Gasteiger partial charge in [-0.3, -0.25) is 0 Å². The van der Waals surface area contributed by atoms with Crippen LogP contribution in [-0.2, 0) is 13.0 Å². The Labute approximate surface area is 117 Å². The maximum atomic E-state index is 5.89. The molecule has 0 radical (unpaired) electrons. The van der Waals surface area contributed by atoms with Crippen molar-refractivity contribution in [3.05, 3.63) is 29.3 Å². The summed E-state index contributed by atoms with van der Waals surface area (Å²) in [5, 5.41) is 3.23. The van der Waals surface area contributed by atoms with Gasteiger partial charge in [-0.25, -0.2) is 0 Å². The first-order valence-electron chi connectivity index (χ1n) is 7.41. The normalized spacial score (nSPS) is 10.7. The molecule has 0 bridgehead atoms. The summed E-state index contributed by atoms with van der Waals surface area (Å²) in [7, 11) is 1.98. The van der Waals surface area contributed by atoms with Crippen LogP contribution in [0.2, 0.25) is 0 Å². The Morgan fingerprint density at radius 3 is 2.74 bits per heavy atom. The first-order valence-corrected chi connectivity index (χ1v) is 7.41. The number of unbranched alkanes of at least 4 members (excludes halogenated alkanes) is 2. The van der Waals surface area contributed by atoms with Crippen molar-refractivity contribution in [2.75, 3.05) is 20.2 Å². The number of hydrogen-bond acceptors (Lipinski definition) is 3. The van der Waals surface area contributed by atoms with Gasteiger partial charge in [-0.05, 0) is 50.0 Å². The van der Waals surface area contributed by atoms with Crippen LogP contribution in [0.1, 0.15) is 43.7 Å². The minimum atomic E-state index is 0.682. The Morgan fingerprint density at radius 2 is 2.05 bits per heavy atom. The van der Waals surface area contributed by atoms with E-state index in [1.54, 1.807) is 0 Å². The van der Waals surface area contributed by atoms with Crippen LogP contribution in [0.15, 0.2) is 18.2 Å². The van der Waals surface area contributed by atoms with Crippen molar-refractivity contribution in [1.29, 1.82) is 0 Å². The Morgan fingerprint density at radius 1 is 1.21 bits per heavy atom. The fourth-order valence-electron chi connectivity index (χ4n) is 2.20. The predicted molar refractivity (Wildman–Crippen MR) is 81.6 cm³/mol. The summed E-state index contributed by atoms with van der Waals surface area (Å²) >= 11 is 0. The molecule has 0 fully saturated rings. The summed E-state index contributed by atoms with van der Waals surface area (Å²) in [6.45, 7) is 4.52. The molecule has 0 saturated heterocycles. The molecule has 0 aliphatic heterocycles. The number of benzene rings is 1. The van der Waals surface area contributed by atoms with Crippen molar-refractivity contribution in [3.63, 3.8) is 0 Å². The first-order chi connectivity index (χ1) is 9.33. The van der Waals surface area contributed by atoms with Crippen LogP contribution in [0, 0.1) is 0 Å². The molecule has 3 nitrogen and oxygen atoms in total. The highest BCUT2D eigenvalue weighted by atomic mass is 16.5. The van der Waals surface area contributed by atoms with Crippen LogP contribution >= 0.6 is 0 Å². The second-order valence-corrected chi connectivity index (χ2v) is 4.87. The highest BCUT2D eigenvalue weighted by Gasteiger charge is 2.08. The van der Waals surface area contributed by atoms with Crippen LogP contribution in [0.3, 0.4) is 0 Å². The van der Waals surface area contributed by atoms with Crippen LogP contribution in [0.4, 0.5) is 0 Å². The summed E-state index contributed by atoms with van der Waals surface area (Å²) in [5.74, 6) is 1.04. The van der Waals surface area contributed by atoms with Gasteiger partial charge in [-0.1, -0.05) is 31.9 Å². The number of ether oxygens (including phenoxy) is 1. The lowest BCUT2D eigenvalue weighted by molar-refractivity contribution is 0.309. The second kappa shape index (κ2) is 9.82. The van der Waals surface area contributed by atoms with Crippen molar-refractivity contribution in [2.45, 2.75) is 45.6 Å². The molecule has 0 saturated carbocycles. The Hall–Kier alpha value is -1.06. The van der Waals surface area contributed by atoms with E-state index in [0.717, 1.165) is 25.1 Å². The molecule has 0 aliphatic carbocycles. The average Bonchev–Trinajstić information content (AvgIpc) is 2.42. The van der Waals surface area contributed by atoms with Gasteiger partial charge in [0.1, 0.15) is 5.75 Å². The largest absolute Gasteiger partial charge is 0.493 e. The highest BCUT2D eigenvalue weighted by molar-refractivity contribution is 5.40. The fourth-order valence-corrected chi connectivity index (χ4v) is 2.20. The SMILES string of the molecule is CCCCCc1c(CNC)cccc1OCCCN. The maximum absolute atomic E-state index is 5.89. The number of nitrogens with one attached hydrogen (secondary N) is 1. The van der Waals surface area contributed by atoms with E-state index in [1.807, 2.05) is 7.05 Å². The summed E-state index contributed by atoms with van der Waals surface area (Å²) in [4.78, 5) is 0. The summed E-state index contributed by atoms with van der Waals surface area (Å²) < 4.78 is 5.89. The van der Waals surface area contributed by atoms with Crippen LogP contribution < -0.4 is 15.8 Å². The minimum absolute atomic E-state index is 0.682. The Balaban J connectivity index is 2.77. The lowest BCUT2D eigenvalue weighted by Crippen LogP contribution is -2.11. The van der Waals surface area contributed by atoms with Crippen molar-refractivity contribution in [2.24, 2.45) is 5.73 Å². The van der Waals surface area contributed by atoms with E-state index in [0.29, 0.717) is 13.2 Å². The van der Waals surface area contributed by atoms with E-state index < -0.39 is 0 Å². The number of hydrogen-bond donors (Lipinski definition) is 2. The Kier molecular flexibility index (Phi) is 8.26. The molecule has 0 aromatic heterocycles. The van der Waals surface area contributed by atoms with Gasteiger partial charge in [0.05, 0.1) is 6.61 Å². The van der Waals surface area contributed by atoms with E-state index in [2.05, 4.69) is 30.4 Å². The molecule has 1 aromatic carbocycles. The van der Waals surface area contributed by atoms with Crippen molar-refractivity contribution < 1.29 is 4.74 Å². The zero-order chi connectivity index (χ0) is 13.9. The van der Waals surface area contributed by atoms with Gasteiger partial charge in [-0.2, -0.15) is 0 Å². The third-order valence-electron chi connectivity index (χ3n) is 3.23. The van der Waals surface area contributed by atoms with E-state index in [9.17, 15) is 0 Å². The number of rotatable bonds is 10. The number of nitrogens with two attached hydrogens (primary N) is 1. The zero-order valence-electron chi connectivity index (χ0n) is 12.4. The van der Waals surface area contributed by atoms with Crippen molar-refractivity contribution in [1.82, 2.24) is 5.32 Å². The van der Waals surface area contributed by atoms with Crippen molar-refractivity contribution >= 4 is 0 Å².